The molecule has 0 aromatic heterocycles. The van der Waals surface area contributed by atoms with Crippen molar-refractivity contribution >= 4 is 11.6 Å². The molecule has 0 aliphatic rings. The third-order valence-corrected chi connectivity index (χ3v) is 3.35. The lowest BCUT2D eigenvalue weighted by Crippen LogP contribution is -2.13. The molecule has 1 N–H and O–H groups in total. The quantitative estimate of drug-likeness (QED) is 0.858. The van der Waals surface area contributed by atoms with Crippen LogP contribution in [0.25, 0.3) is 0 Å². The van der Waals surface area contributed by atoms with Gasteiger partial charge in [-0.2, -0.15) is 0 Å². The molecule has 0 unspecified atom stereocenters. The van der Waals surface area contributed by atoms with Gasteiger partial charge in [0.15, 0.2) is 0 Å². The van der Waals surface area contributed by atoms with Crippen LogP contribution in [0.2, 0.25) is 5.02 Å². The molecule has 2 aromatic carbocycles. The third kappa shape index (κ3) is 4.41. The lowest BCUT2D eigenvalue weighted by molar-refractivity contribution is 0.301. The molecular formula is C16H16ClF2NO. The molecule has 0 saturated carbocycles. The fraction of sp³-hybridized carbons (Fsp3) is 0.250. The Bertz CT molecular complexity index is 619. The summed E-state index contributed by atoms with van der Waals surface area (Å²) in [5.74, 6) is -0.137. The fourth-order valence-electron chi connectivity index (χ4n) is 1.90. The summed E-state index contributed by atoms with van der Waals surface area (Å²) in [5, 5.41) is 3.55. The molecular weight excluding hydrogens is 296 g/mol. The van der Waals surface area contributed by atoms with E-state index >= 15 is 0 Å². The molecule has 0 aliphatic carbocycles. The van der Waals surface area contributed by atoms with E-state index in [4.69, 9.17) is 16.3 Å². The van der Waals surface area contributed by atoms with Crippen molar-refractivity contribution in [1.82, 2.24) is 5.32 Å². The summed E-state index contributed by atoms with van der Waals surface area (Å²) in [4.78, 5) is 0. The predicted octanol–water partition coefficient (Wildman–Crippen LogP) is 4.31. The first-order valence-electron chi connectivity index (χ1n) is 6.66. The van der Waals surface area contributed by atoms with Gasteiger partial charge in [0.1, 0.15) is 24.0 Å². The molecule has 112 valence electrons. The summed E-state index contributed by atoms with van der Waals surface area (Å²) in [6, 6.07) is 8.42. The SMILES string of the molecule is CCNCc1cc(F)ccc1OCc1cc(F)ccc1Cl. The van der Waals surface area contributed by atoms with Gasteiger partial charge in [0, 0.05) is 22.7 Å². The van der Waals surface area contributed by atoms with E-state index in [1.165, 1.54) is 30.3 Å². The van der Waals surface area contributed by atoms with Crippen LogP contribution < -0.4 is 10.1 Å². The van der Waals surface area contributed by atoms with Gasteiger partial charge in [0.05, 0.1) is 0 Å². The molecule has 0 heterocycles. The van der Waals surface area contributed by atoms with Crippen molar-refractivity contribution in [3.05, 3.63) is 64.2 Å². The largest absolute Gasteiger partial charge is 0.489 e. The number of benzene rings is 2. The molecule has 0 saturated heterocycles. The Hall–Kier alpha value is -1.65. The zero-order valence-electron chi connectivity index (χ0n) is 11.6. The minimum absolute atomic E-state index is 0.126. The van der Waals surface area contributed by atoms with E-state index in [1.54, 1.807) is 6.07 Å². The summed E-state index contributed by atoms with van der Waals surface area (Å²) in [7, 11) is 0. The monoisotopic (exact) mass is 311 g/mol. The number of nitrogens with one attached hydrogen (secondary N) is 1. The number of ether oxygens (including phenoxy) is 1. The van der Waals surface area contributed by atoms with Gasteiger partial charge in [-0.05, 0) is 42.9 Å². The van der Waals surface area contributed by atoms with E-state index in [0.717, 1.165) is 6.54 Å². The molecule has 0 atom stereocenters. The number of rotatable bonds is 6. The van der Waals surface area contributed by atoms with Gasteiger partial charge in [-0.3, -0.25) is 0 Å². The molecule has 0 aliphatic heterocycles. The molecule has 21 heavy (non-hydrogen) atoms. The van der Waals surface area contributed by atoms with Crippen molar-refractivity contribution in [2.75, 3.05) is 6.54 Å². The fourth-order valence-corrected chi connectivity index (χ4v) is 2.07. The van der Waals surface area contributed by atoms with Gasteiger partial charge in [-0.25, -0.2) is 8.78 Å². The van der Waals surface area contributed by atoms with Crippen LogP contribution >= 0.6 is 11.6 Å². The van der Waals surface area contributed by atoms with Gasteiger partial charge < -0.3 is 10.1 Å². The Balaban J connectivity index is 2.13. The Morgan fingerprint density at radius 1 is 1.05 bits per heavy atom. The van der Waals surface area contributed by atoms with E-state index in [2.05, 4.69) is 5.32 Å². The third-order valence-electron chi connectivity index (χ3n) is 2.98. The Labute approximate surface area is 127 Å². The van der Waals surface area contributed by atoms with Crippen LogP contribution in [-0.4, -0.2) is 6.54 Å². The van der Waals surface area contributed by atoms with Crippen molar-refractivity contribution in [1.29, 1.82) is 0 Å². The van der Waals surface area contributed by atoms with Crippen molar-refractivity contribution in [3.8, 4) is 5.75 Å². The second-order valence-corrected chi connectivity index (χ2v) is 4.96. The molecule has 0 bridgehead atoms. The number of halogens is 3. The van der Waals surface area contributed by atoms with Crippen molar-refractivity contribution in [2.45, 2.75) is 20.1 Å². The van der Waals surface area contributed by atoms with Gasteiger partial charge >= 0.3 is 0 Å². The molecule has 0 fully saturated rings. The van der Waals surface area contributed by atoms with Crippen molar-refractivity contribution < 1.29 is 13.5 Å². The maximum atomic E-state index is 13.3. The van der Waals surface area contributed by atoms with Crippen LogP contribution in [0.1, 0.15) is 18.1 Å². The topological polar surface area (TPSA) is 21.3 Å². The van der Waals surface area contributed by atoms with Gasteiger partial charge in [-0.15, -0.1) is 0 Å². The predicted molar refractivity (Wildman–Crippen MR) is 79.5 cm³/mol. The summed E-state index contributed by atoms with van der Waals surface area (Å²) in [6.07, 6.45) is 0. The normalized spacial score (nSPS) is 10.7. The first-order chi connectivity index (χ1) is 10.1. The van der Waals surface area contributed by atoms with Crippen LogP contribution in [-0.2, 0) is 13.2 Å². The second kappa shape index (κ2) is 7.38. The highest BCUT2D eigenvalue weighted by atomic mass is 35.5. The maximum Gasteiger partial charge on any atom is 0.124 e. The molecule has 2 aromatic rings. The van der Waals surface area contributed by atoms with E-state index in [1.807, 2.05) is 6.92 Å². The van der Waals surface area contributed by atoms with E-state index in [0.29, 0.717) is 28.4 Å². The summed E-state index contributed by atoms with van der Waals surface area (Å²) in [5.41, 5.74) is 1.26. The van der Waals surface area contributed by atoms with Gasteiger partial charge in [0.2, 0.25) is 0 Å². The van der Waals surface area contributed by atoms with E-state index in [9.17, 15) is 8.78 Å². The zero-order chi connectivity index (χ0) is 15.2. The highest BCUT2D eigenvalue weighted by Gasteiger charge is 2.08. The van der Waals surface area contributed by atoms with Crippen molar-refractivity contribution in [2.24, 2.45) is 0 Å². The molecule has 2 nitrogen and oxygen atoms in total. The van der Waals surface area contributed by atoms with Crippen molar-refractivity contribution in [3.63, 3.8) is 0 Å². The average Bonchev–Trinajstić information content (AvgIpc) is 2.47. The highest BCUT2D eigenvalue weighted by Crippen LogP contribution is 2.23. The maximum absolute atomic E-state index is 13.3. The lowest BCUT2D eigenvalue weighted by Gasteiger charge is -2.13. The Morgan fingerprint density at radius 3 is 2.43 bits per heavy atom. The molecule has 2 rings (SSSR count). The Kier molecular flexibility index (Phi) is 5.53. The van der Waals surface area contributed by atoms with Crippen LogP contribution in [0, 0.1) is 11.6 Å². The zero-order valence-corrected chi connectivity index (χ0v) is 12.4. The molecule has 0 amide bonds. The van der Waals surface area contributed by atoms with Gasteiger partial charge in [-0.1, -0.05) is 18.5 Å². The summed E-state index contributed by atoms with van der Waals surface area (Å²) >= 11 is 5.99. The number of hydrogen-bond acceptors (Lipinski definition) is 2. The molecule has 0 spiro atoms. The number of hydrogen-bond donors (Lipinski definition) is 1. The van der Waals surface area contributed by atoms with E-state index < -0.39 is 0 Å². The van der Waals surface area contributed by atoms with Crippen LogP contribution in [0.4, 0.5) is 8.78 Å². The first kappa shape index (κ1) is 15.7. The summed E-state index contributed by atoms with van der Waals surface area (Å²) < 4.78 is 32.2. The molecule has 5 heteroatoms. The van der Waals surface area contributed by atoms with Gasteiger partial charge in [0.25, 0.3) is 0 Å². The average molecular weight is 312 g/mol. The standard InChI is InChI=1S/C16H16ClF2NO/c1-2-20-9-11-7-14(19)4-6-16(11)21-10-12-8-13(18)3-5-15(12)17/h3-8,20H,2,9-10H2,1H3. The highest BCUT2D eigenvalue weighted by molar-refractivity contribution is 6.31. The van der Waals surface area contributed by atoms with Crippen LogP contribution in [0.15, 0.2) is 36.4 Å². The molecule has 0 radical (unpaired) electrons. The second-order valence-electron chi connectivity index (χ2n) is 4.56. The minimum Gasteiger partial charge on any atom is -0.489 e. The summed E-state index contributed by atoms with van der Waals surface area (Å²) in [6.45, 7) is 3.36. The smallest absolute Gasteiger partial charge is 0.124 e. The van der Waals surface area contributed by atoms with Crippen LogP contribution in [0.5, 0.6) is 5.75 Å². The Morgan fingerprint density at radius 2 is 1.71 bits per heavy atom. The van der Waals surface area contributed by atoms with E-state index in [-0.39, 0.29) is 18.2 Å². The lowest BCUT2D eigenvalue weighted by atomic mass is 10.2. The van der Waals surface area contributed by atoms with Crippen LogP contribution in [0.3, 0.4) is 0 Å². The first-order valence-corrected chi connectivity index (χ1v) is 7.04. The minimum atomic E-state index is -0.370.